The van der Waals surface area contributed by atoms with Gasteiger partial charge < -0.3 is 16.0 Å². The van der Waals surface area contributed by atoms with E-state index in [1.807, 2.05) is 6.07 Å². The molecule has 4 rings (SSSR count). The van der Waals surface area contributed by atoms with E-state index in [1.54, 1.807) is 12.3 Å². The molecule has 0 aliphatic carbocycles. The Morgan fingerprint density at radius 1 is 1.38 bits per heavy atom. The van der Waals surface area contributed by atoms with Crippen molar-refractivity contribution >= 4 is 33.2 Å². The van der Waals surface area contributed by atoms with Gasteiger partial charge in [-0.25, -0.2) is 0 Å². The topological polar surface area (TPSA) is 88.3 Å². The number of thiophene rings is 1. The third-order valence-electron chi connectivity index (χ3n) is 4.59. The highest BCUT2D eigenvalue weighted by Crippen LogP contribution is 2.28. The van der Waals surface area contributed by atoms with Gasteiger partial charge in [0.2, 0.25) is 0 Å². The smallest absolute Gasteiger partial charge is 0.293 e. The maximum atomic E-state index is 12.5. The van der Waals surface area contributed by atoms with Gasteiger partial charge >= 0.3 is 0 Å². The molecule has 6 nitrogen and oxygen atoms in total. The van der Waals surface area contributed by atoms with Crippen LogP contribution in [0.25, 0.3) is 10.1 Å². The lowest BCUT2D eigenvalue weighted by molar-refractivity contribution is -0.112. The Labute approximate surface area is 143 Å². The second-order valence-electron chi connectivity index (χ2n) is 6.22. The van der Waals surface area contributed by atoms with Crippen LogP contribution in [0.1, 0.15) is 21.8 Å². The molecule has 2 fully saturated rings. The number of nitrogens with one attached hydrogen (secondary N) is 1. The van der Waals surface area contributed by atoms with Crippen LogP contribution in [0.15, 0.2) is 18.3 Å². The van der Waals surface area contributed by atoms with Crippen molar-refractivity contribution < 1.29 is 9.59 Å². The first-order chi connectivity index (χ1) is 11.6. The number of carbonyl (C=O) groups excluding carboxylic acids is 2. The Morgan fingerprint density at radius 2 is 2.25 bits per heavy atom. The van der Waals surface area contributed by atoms with Crippen LogP contribution in [0.5, 0.6) is 0 Å². The van der Waals surface area contributed by atoms with E-state index in [1.165, 1.54) is 11.3 Å². The number of hydrogen-bond acceptors (Lipinski definition) is 5. The average molecular weight is 340 g/mol. The summed E-state index contributed by atoms with van der Waals surface area (Å²) in [5.74, 6) is 4.81. The first-order valence-electron chi connectivity index (χ1n) is 7.83. The minimum Gasteiger partial charge on any atom is -0.359 e. The van der Waals surface area contributed by atoms with Crippen LogP contribution in [0.2, 0.25) is 0 Å². The molecule has 0 spiro atoms. The van der Waals surface area contributed by atoms with Crippen LogP contribution < -0.4 is 11.1 Å². The monoisotopic (exact) mass is 340 g/mol. The van der Waals surface area contributed by atoms with Gasteiger partial charge in [0.1, 0.15) is 5.69 Å². The normalized spacial score (nSPS) is 24.6. The van der Waals surface area contributed by atoms with Gasteiger partial charge in [0.25, 0.3) is 11.8 Å². The van der Waals surface area contributed by atoms with Crippen LogP contribution in [0, 0.1) is 17.8 Å². The number of pyridine rings is 1. The second-order valence-corrected chi connectivity index (χ2v) is 7.30. The number of piperidine rings is 1. The number of nitrogens with two attached hydrogens (primary N) is 1. The first-order valence-corrected chi connectivity index (χ1v) is 8.64. The molecule has 0 saturated carbocycles. The lowest BCUT2D eigenvalue weighted by atomic mass is 10.00. The second kappa shape index (κ2) is 5.89. The number of fused-ring (bicyclic) bond motifs is 3. The summed E-state index contributed by atoms with van der Waals surface area (Å²) in [5.41, 5.74) is 5.44. The summed E-state index contributed by atoms with van der Waals surface area (Å²) in [5, 5.41) is 4.01. The van der Waals surface area contributed by atoms with Gasteiger partial charge in [-0.1, -0.05) is 0 Å². The summed E-state index contributed by atoms with van der Waals surface area (Å²) in [6.07, 6.45) is 2.82. The lowest BCUT2D eigenvalue weighted by Gasteiger charge is -2.22. The SMILES string of the molecule is NC(=O)C#Cc1cc2cnc(C(=O)NC3CN4CC[C@H]3C4)cc2s1. The van der Waals surface area contributed by atoms with E-state index >= 15 is 0 Å². The minimum atomic E-state index is -0.660. The highest BCUT2D eigenvalue weighted by atomic mass is 32.1. The number of aromatic nitrogens is 1. The fraction of sp³-hybridized carbons (Fsp3) is 0.353. The molecule has 4 heterocycles. The fourth-order valence-corrected chi connectivity index (χ4v) is 4.36. The average Bonchev–Trinajstić information content (AvgIpc) is 3.26. The van der Waals surface area contributed by atoms with Gasteiger partial charge in [0.15, 0.2) is 0 Å². The van der Waals surface area contributed by atoms with Crippen molar-refractivity contribution in [2.45, 2.75) is 12.5 Å². The zero-order valence-electron chi connectivity index (χ0n) is 12.9. The number of rotatable bonds is 2. The van der Waals surface area contributed by atoms with E-state index in [2.05, 4.69) is 27.0 Å². The number of carbonyl (C=O) groups is 2. The van der Waals surface area contributed by atoms with Gasteiger partial charge in [-0.2, -0.15) is 0 Å². The van der Waals surface area contributed by atoms with Crippen LogP contribution >= 0.6 is 11.3 Å². The van der Waals surface area contributed by atoms with E-state index in [9.17, 15) is 9.59 Å². The molecule has 2 saturated heterocycles. The first kappa shape index (κ1) is 15.1. The number of primary amides is 1. The molecule has 24 heavy (non-hydrogen) atoms. The third kappa shape index (κ3) is 2.86. The lowest BCUT2D eigenvalue weighted by Crippen LogP contribution is -2.43. The molecular formula is C17H16N4O2S. The molecule has 122 valence electrons. The van der Waals surface area contributed by atoms with Crippen molar-refractivity contribution in [3.63, 3.8) is 0 Å². The molecule has 0 aromatic carbocycles. The minimum absolute atomic E-state index is 0.131. The van der Waals surface area contributed by atoms with E-state index < -0.39 is 5.91 Å². The Bertz CT molecular complexity index is 895. The van der Waals surface area contributed by atoms with Crippen LogP contribution in [0.4, 0.5) is 0 Å². The quantitative estimate of drug-likeness (QED) is 0.782. The molecule has 7 heteroatoms. The maximum Gasteiger partial charge on any atom is 0.293 e. The zero-order valence-corrected chi connectivity index (χ0v) is 13.7. The number of amides is 2. The summed E-state index contributed by atoms with van der Waals surface area (Å²) in [6, 6.07) is 3.84. The number of nitrogens with zero attached hydrogens (tertiary/aromatic N) is 2. The van der Waals surface area contributed by atoms with Crippen molar-refractivity contribution in [2.24, 2.45) is 11.7 Å². The summed E-state index contributed by atoms with van der Waals surface area (Å²) < 4.78 is 0.917. The summed E-state index contributed by atoms with van der Waals surface area (Å²) in [6.45, 7) is 3.17. The van der Waals surface area contributed by atoms with Gasteiger partial charge in [-0.15, -0.1) is 11.3 Å². The molecule has 2 aliphatic heterocycles. The van der Waals surface area contributed by atoms with Crippen molar-refractivity contribution in [3.05, 3.63) is 28.9 Å². The summed E-state index contributed by atoms with van der Waals surface area (Å²) in [4.78, 5) is 30.6. The van der Waals surface area contributed by atoms with E-state index in [0.29, 0.717) is 11.6 Å². The van der Waals surface area contributed by atoms with E-state index in [0.717, 1.165) is 41.0 Å². The van der Waals surface area contributed by atoms with Crippen LogP contribution in [0.3, 0.4) is 0 Å². The highest BCUT2D eigenvalue weighted by molar-refractivity contribution is 7.19. The summed E-state index contributed by atoms with van der Waals surface area (Å²) in [7, 11) is 0. The molecule has 3 N–H and O–H groups in total. The summed E-state index contributed by atoms with van der Waals surface area (Å²) >= 11 is 1.42. The molecule has 2 aromatic rings. The largest absolute Gasteiger partial charge is 0.359 e. The van der Waals surface area contributed by atoms with Crippen LogP contribution in [-0.4, -0.2) is 47.4 Å². The predicted molar refractivity (Wildman–Crippen MR) is 91.5 cm³/mol. The highest BCUT2D eigenvalue weighted by Gasteiger charge is 2.38. The van der Waals surface area contributed by atoms with Crippen molar-refractivity contribution in [1.29, 1.82) is 0 Å². The molecule has 2 aliphatic rings. The molecule has 2 aromatic heterocycles. The van der Waals surface area contributed by atoms with Crippen molar-refractivity contribution in [3.8, 4) is 11.8 Å². The van der Waals surface area contributed by atoms with Gasteiger partial charge in [0, 0.05) is 41.3 Å². The molecule has 2 bridgehead atoms. The Morgan fingerprint density at radius 3 is 2.96 bits per heavy atom. The van der Waals surface area contributed by atoms with Gasteiger partial charge in [-0.05, 0) is 36.9 Å². The Hall–Kier alpha value is -2.43. The van der Waals surface area contributed by atoms with E-state index in [-0.39, 0.29) is 11.9 Å². The van der Waals surface area contributed by atoms with E-state index in [4.69, 9.17) is 5.73 Å². The standard InChI is InChI=1S/C17H16N4O2S/c18-16(22)2-1-12-5-11-7-19-13(6-15(11)24-12)17(23)20-14-9-21-4-3-10(14)8-21/h5-7,10,14H,3-4,8-9H2,(H2,18,22)(H,20,23)/t10-,14?/m0/s1. The fourth-order valence-electron chi connectivity index (χ4n) is 3.43. The molecule has 0 radical (unpaired) electrons. The Kier molecular flexibility index (Phi) is 3.71. The molecular weight excluding hydrogens is 324 g/mol. The Balaban J connectivity index is 1.53. The van der Waals surface area contributed by atoms with Crippen molar-refractivity contribution in [1.82, 2.24) is 15.2 Å². The zero-order chi connectivity index (χ0) is 16.7. The third-order valence-corrected chi connectivity index (χ3v) is 5.61. The predicted octanol–water partition coefficient (Wildman–Crippen LogP) is 0.567. The molecule has 2 unspecified atom stereocenters. The van der Waals surface area contributed by atoms with Crippen molar-refractivity contribution in [2.75, 3.05) is 19.6 Å². The van der Waals surface area contributed by atoms with Gasteiger partial charge in [0.05, 0.1) is 4.88 Å². The number of hydrogen-bond donors (Lipinski definition) is 2. The maximum absolute atomic E-state index is 12.5. The molecule has 2 amide bonds. The molecule has 3 atom stereocenters. The van der Waals surface area contributed by atoms with Crippen LogP contribution in [-0.2, 0) is 4.79 Å². The van der Waals surface area contributed by atoms with Gasteiger partial charge in [-0.3, -0.25) is 14.6 Å².